The number of fused-ring (bicyclic) bond motifs is 1. The predicted octanol–water partition coefficient (Wildman–Crippen LogP) is 4.21. The molecule has 2 N–H and O–H groups in total. The van der Waals surface area contributed by atoms with Crippen molar-refractivity contribution in [2.45, 2.75) is 31.1 Å². The second kappa shape index (κ2) is 35.2. The standard InChI is InChI=1S/C48H65F4N5O16S/c1-3-7-57(48(59)37-29-36-5-4-35(38-32-54-34-55-33-38)30-39(36)56-40(53)31-37)72-28-27-71-26-25-70-24-23-69-22-21-68-20-19-67-18-17-66-16-15-65-14-13-64-12-11-63-10-9-62-8-6-41(58)73-46-42(49)44(51)47(74(2,60)61)45(52)43(46)50/h4-5,29-30,32-34H,3,6-28,31H2,1-2H3,(H2,53,56). The summed E-state index contributed by atoms with van der Waals surface area (Å²) in [7, 11) is -4.65. The Labute approximate surface area is 427 Å². The number of aliphatic imine (C=N–C) groups is 1. The molecule has 1 amide bonds. The first kappa shape index (κ1) is 61.4. The third-order valence-electron chi connectivity index (χ3n) is 9.86. The lowest BCUT2D eigenvalue weighted by molar-refractivity contribution is -0.187. The van der Waals surface area contributed by atoms with E-state index in [1.54, 1.807) is 18.5 Å². The van der Waals surface area contributed by atoms with E-state index in [0.29, 0.717) is 129 Å². The van der Waals surface area contributed by atoms with E-state index in [1.165, 1.54) is 11.4 Å². The van der Waals surface area contributed by atoms with Gasteiger partial charge in [-0.25, -0.2) is 37.2 Å². The number of carbonyl (C=O) groups excluding carboxylic acids is 2. The van der Waals surface area contributed by atoms with Gasteiger partial charge in [0.05, 0.1) is 151 Å². The van der Waals surface area contributed by atoms with Gasteiger partial charge in [0.1, 0.15) is 17.1 Å². The van der Waals surface area contributed by atoms with E-state index in [-0.39, 0.29) is 58.6 Å². The third kappa shape index (κ3) is 22.8. The summed E-state index contributed by atoms with van der Waals surface area (Å²) in [6, 6.07) is 5.72. The van der Waals surface area contributed by atoms with Crippen LogP contribution in [0.1, 0.15) is 31.7 Å². The van der Waals surface area contributed by atoms with Gasteiger partial charge in [-0.05, 0) is 24.1 Å². The summed E-state index contributed by atoms with van der Waals surface area (Å²) in [5.74, 6) is -11.6. The molecule has 0 aliphatic carbocycles. The number of nitrogens with zero attached hydrogens (tertiary/aromatic N) is 4. The molecule has 1 aromatic heterocycles. The number of aromatic nitrogens is 2. The largest absolute Gasteiger partial charge is 0.420 e. The van der Waals surface area contributed by atoms with Crippen LogP contribution in [0.4, 0.5) is 23.2 Å². The summed E-state index contributed by atoms with van der Waals surface area (Å²) in [5.41, 5.74) is 9.86. The Morgan fingerprint density at radius 2 is 1.05 bits per heavy atom. The van der Waals surface area contributed by atoms with E-state index in [0.717, 1.165) is 16.7 Å². The zero-order chi connectivity index (χ0) is 53.4. The number of ether oxygens (including phenoxy) is 11. The lowest BCUT2D eigenvalue weighted by atomic mass is 10.0. The van der Waals surface area contributed by atoms with Crippen LogP contribution in [0.2, 0.25) is 0 Å². The SMILES string of the molecule is CCCN(OCCOCCOCCOCCOCCOCCOCCOCCOCCOCCOCCC(=O)Oc1c(F)c(F)c(S(C)(=O)=O)c(F)c1F)C(=O)C1=Cc2ccc(-c3cncnc3)cc2N=C(N)C1. The summed E-state index contributed by atoms with van der Waals surface area (Å²) in [5, 5.41) is 1.35. The van der Waals surface area contributed by atoms with Crippen molar-refractivity contribution in [2.24, 2.45) is 10.7 Å². The number of carbonyl (C=O) groups is 2. The molecule has 3 aromatic rings. The zero-order valence-corrected chi connectivity index (χ0v) is 42.4. The number of rotatable bonds is 40. The van der Waals surface area contributed by atoms with Gasteiger partial charge in [0, 0.05) is 48.3 Å². The summed E-state index contributed by atoms with van der Waals surface area (Å²) in [6.45, 7) is 8.64. The average Bonchev–Trinajstić information content (AvgIpc) is 3.55. The van der Waals surface area contributed by atoms with E-state index >= 15 is 0 Å². The van der Waals surface area contributed by atoms with Crippen molar-refractivity contribution in [3.63, 3.8) is 0 Å². The van der Waals surface area contributed by atoms with Crippen molar-refractivity contribution >= 4 is 39.3 Å². The number of hydroxylamine groups is 2. The number of amidine groups is 1. The quantitative estimate of drug-likeness (QED) is 0.0209. The number of hydrogen-bond acceptors (Lipinski definition) is 20. The fourth-order valence-corrected chi connectivity index (χ4v) is 7.19. The van der Waals surface area contributed by atoms with E-state index in [2.05, 4.69) is 19.7 Å². The minimum Gasteiger partial charge on any atom is -0.420 e. The Balaban J connectivity index is 0.854. The molecule has 1 aliphatic heterocycles. The van der Waals surface area contributed by atoms with Gasteiger partial charge in [-0.2, -0.15) is 8.78 Å². The van der Waals surface area contributed by atoms with Gasteiger partial charge in [-0.1, -0.05) is 19.1 Å². The molecule has 0 saturated carbocycles. The van der Waals surface area contributed by atoms with E-state index < -0.39 is 56.1 Å². The minimum atomic E-state index is -4.65. The first-order valence-electron chi connectivity index (χ1n) is 23.7. The van der Waals surface area contributed by atoms with Gasteiger partial charge in [0.25, 0.3) is 5.91 Å². The number of amides is 1. The highest BCUT2D eigenvalue weighted by Crippen LogP contribution is 2.34. The van der Waals surface area contributed by atoms with E-state index in [1.807, 2.05) is 25.1 Å². The molecule has 21 nitrogen and oxygen atoms in total. The minimum absolute atomic E-state index is 0.0464. The van der Waals surface area contributed by atoms with Crippen LogP contribution in [0.15, 0.2) is 52.4 Å². The number of sulfone groups is 1. The maximum Gasteiger partial charge on any atom is 0.313 e. The van der Waals surface area contributed by atoms with Crippen LogP contribution in [0.25, 0.3) is 17.2 Å². The molecule has 74 heavy (non-hydrogen) atoms. The monoisotopic (exact) mass is 1080 g/mol. The highest BCUT2D eigenvalue weighted by molar-refractivity contribution is 7.90. The molecule has 412 valence electrons. The first-order chi connectivity index (χ1) is 35.8. The maximum atomic E-state index is 14.1. The lowest BCUT2D eigenvalue weighted by Crippen LogP contribution is -2.35. The van der Waals surface area contributed by atoms with Crippen molar-refractivity contribution < 1.29 is 92.5 Å². The summed E-state index contributed by atoms with van der Waals surface area (Å²) in [6.07, 6.45) is 7.42. The second-order valence-electron chi connectivity index (χ2n) is 15.6. The normalized spacial score (nSPS) is 12.6. The second-order valence-corrected chi connectivity index (χ2v) is 17.6. The highest BCUT2D eigenvalue weighted by atomic mass is 32.2. The van der Waals surface area contributed by atoms with Crippen molar-refractivity contribution in [1.29, 1.82) is 0 Å². The smallest absolute Gasteiger partial charge is 0.313 e. The van der Waals surface area contributed by atoms with Gasteiger partial charge in [0.2, 0.25) is 17.4 Å². The van der Waals surface area contributed by atoms with Crippen LogP contribution >= 0.6 is 0 Å². The fraction of sp³-hybridized carbons (Fsp3) is 0.562. The topological polar surface area (TPSA) is 246 Å². The molecular formula is C48H65F4N5O16S. The molecule has 0 fully saturated rings. The molecule has 1 aliphatic rings. The van der Waals surface area contributed by atoms with Crippen LogP contribution in [0, 0.1) is 23.3 Å². The molecule has 0 bridgehead atoms. The number of benzene rings is 2. The Hall–Kier alpha value is -5.10. The molecule has 4 rings (SSSR count). The van der Waals surface area contributed by atoms with E-state index in [4.69, 9.17) is 57.9 Å². The number of hydrogen-bond donors (Lipinski definition) is 1. The highest BCUT2D eigenvalue weighted by Gasteiger charge is 2.33. The molecule has 26 heteroatoms. The van der Waals surface area contributed by atoms with Crippen LogP contribution in [0.3, 0.4) is 0 Å². The van der Waals surface area contributed by atoms with Crippen molar-refractivity contribution in [3.05, 3.63) is 71.3 Å². The fourth-order valence-electron chi connectivity index (χ4n) is 6.36. The molecule has 2 heterocycles. The average molecular weight is 1080 g/mol. The first-order valence-corrected chi connectivity index (χ1v) is 25.6. The zero-order valence-electron chi connectivity index (χ0n) is 41.5. The van der Waals surface area contributed by atoms with Crippen LogP contribution in [-0.2, 0) is 71.6 Å². The van der Waals surface area contributed by atoms with Crippen molar-refractivity contribution in [2.75, 3.05) is 152 Å². The van der Waals surface area contributed by atoms with Gasteiger partial charge in [0.15, 0.2) is 21.5 Å². The molecule has 0 spiro atoms. The Bertz CT molecular complexity index is 2310. The number of nitrogens with two attached hydrogens (primary N) is 1. The summed E-state index contributed by atoms with van der Waals surface area (Å²) >= 11 is 0. The molecule has 2 aromatic carbocycles. The van der Waals surface area contributed by atoms with Gasteiger partial charge >= 0.3 is 5.97 Å². The van der Waals surface area contributed by atoms with Gasteiger partial charge in [-0.15, -0.1) is 0 Å². The van der Waals surface area contributed by atoms with Gasteiger partial charge in [-0.3, -0.25) is 14.4 Å². The third-order valence-corrected chi connectivity index (χ3v) is 11.0. The molecule has 0 radical (unpaired) electrons. The van der Waals surface area contributed by atoms with Crippen LogP contribution in [0.5, 0.6) is 5.75 Å². The predicted molar refractivity (Wildman–Crippen MR) is 257 cm³/mol. The Kier molecular flexibility index (Phi) is 29.2. The van der Waals surface area contributed by atoms with Gasteiger partial charge < -0.3 is 57.8 Å². The van der Waals surface area contributed by atoms with Crippen molar-refractivity contribution in [1.82, 2.24) is 15.0 Å². The molecule has 0 saturated heterocycles. The van der Waals surface area contributed by atoms with E-state index in [9.17, 15) is 35.6 Å². The number of halogens is 4. The molecular weight excluding hydrogens is 1010 g/mol. The molecule has 0 unspecified atom stereocenters. The maximum absolute atomic E-state index is 14.1. The summed E-state index contributed by atoms with van der Waals surface area (Å²) < 4.78 is 138. The Morgan fingerprint density at radius 1 is 0.622 bits per heavy atom. The van der Waals surface area contributed by atoms with Crippen LogP contribution < -0.4 is 10.5 Å². The van der Waals surface area contributed by atoms with Crippen LogP contribution in [-0.4, -0.2) is 193 Å². The van der Waals surface area contributed by atoms with Crippen molar-refractivity contribution in [3.8, 4) is 16.9 Å². The number of esters is 1. The summed E-state index contributed by atoms with van der Waals surface area (Å²) in [4.78, 5) is 42.1. The lowest BCUT2D eigenvalue weighted by Gasteiger charge is -2.22. The molecule has 0 atom stereocenters. The Morgan fingerprint density at radius 3 is 1.49 bits per heavy atom.